The summed E-state index contributed by atoms with van der Waals surface area (Å²) < 4.78 is 0. The average Bonchev–Trinajstić information content (AvgIpc) is 3.02. The van der Waals surface area contributed by atoms with Gasteiger partial charge in [0.2, 0.25) is 5.91 Å². The normalized spacial score (nSPS) is 16.6. The van der Waals surface area contributed by atoms with Gasteiger partial charge in [0.1, 0.15) is 5.00 Å². The monoisotopic (exact) mass is 293 g/mol. The molecule has 0 unspecified atom stereocenters. The molecular weight excluding hydrogens is 278 g/mol. The third kappa shape index (κ3) is 2.40. The second-order valence-corrected chi connectivity index (χ2v) is 6.25. The van der Waals surface area contributed by atoms with Crippen LogP contribution in [0.25, 0.3) is 0 Å². The molecule has 3 rings (SSSR count). The summed E-state index contributed by atoms with van der Waals surface area (Å²) in [6, 6.07) is -0.882. The average molecular weight is 293 g/mol. The minimum Gasteiger partial charge on any atom is -0.351 e. The molecule has 4 N–H and O–H groups in total. The molecule has 0 saturated heterocycles. The molecule has 20 heavy (non-hydrogen) atoms. The molecule has 1 heterocycles. The molecule has 0 spiro atoms. The molecule has 4 amide bonds. The van der Waals surface area contributed by atoms with Crippen molar-refractivity contribution >= 4 is 34.2 Å². The Morgan fingerprint density at radius 3 is 2.60 bits per heavy atom. The van der Waals surface area contributed by atoms with E-state index >= 15 is 0 Å². The minimum atomic E-state index is -0.882. The Morgan fingerprint density at radius 1 is 1.20 bits per heavy atom. The topological polar surface area (TPSA) is 101 Å². The number of thiophene rings is 1. The standard InChI is InChI=1S/C13H15N3O3S/c14-13(19)16-11(18)9-7-2-1-3-8(7)20-12(9)15-10(17)6-4-5-6/h6H,1-5H2,(H,15,17)(H3,14,16,18,19). The Kier molecular flexibility index (Phi) is 3.21. The Labute approximate surface area is 119 Å². The van der Waals surface area contributed by atoms with Gasteiger partial charge in [-0.15, -0.1) is 11.3 Å². The van der Waals surface area contributed by atoms with Crippen molar-refractivity contribution in [3.8, 4) is 0 Å². The zero-order valence-electron chi connectivity index (χ0n) is 10.8. The molecule has 106 valence electrons. The quantitative estimate of drug-likeness (QED) is 0.785. The van der Waals surface area contributed by atoms with E-state index in [0.717, 1.165) is 42.5 Å². The maximum absolute atomic E-state index is 12.1. The smallest absolute Gasteiger partial charge is 0.319 e. The van der Waals surface area contributed by atoms with E-state index in [1.54, 1.807) is 0 Å². The van der Waals surface area contributed by atoms with Gasteiger partial charge in [-0.2, -0.15) is 0 Å². The number of carbonyl (C=O) groups is 3. The summed E-state index contributed by atoms with van der Waals surface area (Å²) in [6.07, 6.45) is 4.51. The summed E-state index contributed by atoms with van der Waals surface area (Å²) in [4.78, 5) is 36.0. The first-order valence-electron chi connectivity index (χ1n) is 6.62. The number of imide groups is 1. The van der Waals surface area contributed by atoms with E-state index in [1.165, 1.54) is 11.3 Å². The minimum absolute atomic E-state index is 0.0435. The molecular formula is C13H15N3O3S. The molecule has 0 atom stereocenters. The van der Waals surface area contributed by atoms with Gasteiger partial charge in [0.05, 0.1) is 5.56 Å². The molecule has 6 nitrogen and oxygen atoms in total. The fourth-order valence-corrected chi connectivity index (χ4v) is 3.76. The van der Waals surface area contributed by atoms with Crippen LogP contribution in [-0.2, 0) is 17.6 Å². The van der Waals surface area contributed by atoms with Crippen molar-refractivity contribution in [2.24, 2.45) is 11.7 Å². The van der Waals surface area contributed by atoms with Gasteiger partial charge >= 0.3 is 6.03 Å². The number of nitrogens with one attached hydrogen (secondary N) is 2. The molecule has 7 heteroatoms. The first-order chi connectivity index (χ1) is 9.56. The number of hydrogen-bond donors (Lipinski definition) is 3. The second-order valence-electron chi connectivity index (χ2n) is 5.14. The van der Waals surface area contributed by atoms with Crippen LogP contribution >= 0.6 is 11.3 Å². The number of hydrogen-bond acceptors (Lipinski definition) is 4. The number of urea groups is 1. The maximum atomic E-state index is 12.1. The number of anilines is 1. The van der Waals surface area contributed by atoms with Crippen LogP contribution in [0.3, 0.4) is 0 Å². The predicted molar refractivity (Wildman–Crippen MR) is 74.7 cm³/mol. The molecule has 2 aliphatic carbocycles. The highest BCUT2D eigenvalue weighted by Gasteiger charge is 2.33. The number of amides is 4. The zero-order chi connectivity index (χ0) is 14.3. The third-order valence-corrected chi connectivity index (χ3v) is 4.78. The SMILES string of the molecule is NC(=O)NC(=O)c1c(NC(=O)C2CC2)sc2c1CCC2. The van der Waals surface area contributed by atoms with Crippen molar-refractivity contribution < 1.29 is 14.4 Å². The lowest BCUT2D eigenvalue weighted by Gasteiger charge is -2.07. The van der Waals surface area contributed by atoms with Crippen LogP contribution in [0.15, 0.2) is 0 Å². The third-order valence-electron chi connectivity index (χ3n) is 3.57. The molecule has 0 bridgehead atoms. The van der Waals surface area contributed by atoms with Crippen molar-refractivity contribution in [1.82, 2.24) is 5.32 Å². The number of rotatable bonds is 3. The van der Waals surface area contributed by atoms with Crippen LogP contribution in [0, 0.1) is 5.92 Å². The van der Waals surface area contributed by atoms with Crippen LogP contribution < -0.4 is 16.4 Å². The number of fused-ring (bicyclic) bond motifs is 1. The summed E-state index contributed by atoms with van der Waals surface area (Å²) in [7, 11) is 0. The summed E-state index contributed by atoms with van der Waals surface area (Å²) in [5.74, 6) is -0.500. The first kappa shape index (κ1) is 13.1. The van der Waals surface area contributed by atoms with Gasteiger partial charge in [-0.05, 0) is 37.7 Å². The fraction of sp³-hybridized carbons (Fsp3) is 0.462. The van der Waals surface area contributed by atoms with Crippen LogP contribution in [0.1, 0.15) is 40.1 Å². The zero-order valence-corrected chi connectivity index (χ0v) is 11.6. The molecule has 1 fully saturated rings. The van der Waals surface area contributed by atoms with Crippen LogP contribution in [0.5, 0.6) is 0 Å². The van der Waals surface area contributed by atoms with E-state index in [4.69, 9.17) is 5.73 Å². The highest BCUT2D eigenvalue weighted by atomic mass is 32.1. The predicted octanol–water partition coefficient (Wildman–Crippen LogP) is 1.39. The summed E-state index contributed by atoms with van der Waals surface area (Å²) in [5.41, 5.74) is 6.36. The Bertz CT molecular complexity index is 604. The van der Waals surface area contributed by atoms with Gasteiger partial charge in [-0.25, -0.2) is 4.79 Å². The lowest BCUT2D eigenvalue weighted by atomic mass is 10.1. The Hall–Kier alpha value is -1.89. The van der Waals surface area contributed by atoms with Gasteiger partial charge < -0.3 is 11.1 Å². The second kappa shape index (κ2) is 4.90. The van der Waals surface area contributed by atoms with Crippen LogP contribution in [-0.4, -0.2) is 17.8 Å². The summed E-state index contributed by atoms with van der Waals surface area (Å²) >= 11 is 1.43. The number of carbonyl (C=O) groups excluding carboxylic acids is 3. The van der Waals surface area contributed by atoms with Crippen molar-refractivity contribution in [3.63, 3.8) is 0 Å². The van der Waals surface area contributed by atoms with Gasteiger partial charge in [-0.1, -0.05) is 0 Å². The summed E-state index contributed by atoms with van der Waals surface area (Å²) in [5, 5.41) is 5.46. The fourth-order valence-electron chi connectivity index (χ4n) is 2.47. The van der Waals surface area contributed by atoms with Crippen molar-refractivity contribution in [3.05, 3.63) is 16.0 Å². The van der Waals surface area contributed by atoms with Gasteiger partial charge in [-0.3, -0.25) is 14.9 Å². The number of nitrogens with two attached hydrogens (primary N) is 1. The number of primary amides is 1. The van der Waals surface area contributed by atoms with Crippen LogP contribution in [0.4, 0.5) is 9.80 Å². The first-order valence-corrected chi connectivity index (χ1v) is 7.44. The molecule has 1 aromatic rings. The van der Waals surface area contributed by atoms with E-state index < -0.39 is 11.9 Å². The van der Waals surface area contributed by atoms with Gasteiger partial charge in [0, 0.05) is 10.8 Å². The molecule has 0 radical (unpaired) electrons. The Balaban J connectivity index is 1.90. The van der Waals surface area contributed by atoms with E-state index in [-0.39, 0.29) is 11.8 Å². The summed E-state index contributed by atoms with van der Waals surface area (Å²) in [6.45, 7) is 0. The Morgan fingerprint density at radius 2 is 1.95 bits per heavy atom. The van der Waals surface area contributed by atoms with Crippen molar-refractivity contribution in [1.29, 1.82) is 0 Å². The van der Waals surface area contributed by atoms with Crippen LogP contribution in [0.2, 0.25) is 0 Å². The van der Waals surface area contributed by atoms with Crippen molar-refractivity contribution in [2.45, 2.75) is 32.1 Å². The van der Waals surface area contributed by atoms with E-state index in [1.807, 2.05) is 0 Å². The lowest BCUT2D eigenvalue weighted by molar-refractivity contribution is -0.117. The molecule has 2 aliphatic rings. The van der Waals surface area contributed by atoms with Crippen molar-refractivity contribution in [2.75, 3.05) is 5.32 Å². The molecule has 1 saturated carbocycles. The van der Waals surface area contributed by atoms with Gasteiger partial charge in [0.15, 0.2) is 0 Å². The largest absolute Gasteiger partial charge is 0.351 e. The van der Waals surface area contributed by atoms with Gasteiger partial charge in [0.25, 0.3) is 5.91 Å². The highest BCUT2D eigenvalue weighted by Crippen LogP contribution is 2.40. The highest BCUT2D eigenvalue weighted by molar-refractivity contribution is 7.17. The molecule has 0 aliphatic heterocycles. The molecule has 0 aromatic carbocycles. The lowest BCUT2D eigenvalue weighted by Crippen LogP contribution is -2.35. The van der Waals surface area contributed by atoms with E-state index in [0.29, 0.717) is 10.6 Å². The maximum Gasteiger partial charge on any atom is 0.319 e. The molecule has 1 aromatic heterocycles. The van der Waals surface area contributed by atoms with E-state index in [2.05, 4.69) is 10.6 Å². The van der Waals surface area contributed by atoms with E-state index in [9.17, 15) is 14.4 Å². The number of aryl methyl sites for hydroxylation is 1.